The van der Waals surface area contributed by atoms with Gasteiger partial charge >= 0.3 is 6.18 Å². The van der Waals surface area contributed by atoms with Gasteiger partial charge in [0.05, 0.1) is 0 Å². The number of piperidine rings is 1. The van der Waals surface area contributed by atoms with Crippen molar-refractivity contribution in [2.45, 2.75) is 56.5 Å². The Morgan fingerprint density at radius 3 is 2.43 bits per heavy atom. The van der Waals surface area contributed by atoms with Crippen LogP contribution in [-0.4, -0.2) is 40.3 Å². The number of hydrogen-bond acceptors (Lipinski definition) is 3. The van der Waals surface area contributed by atoms with Crippen molar-refractivity contribution >= 4 is 12.4 Å². The first kappa shape index (κ1) is 16.6. The third kappa shape index (κ3) is 3.70. The molecule has 0 spiro atoms. The maximum absolute atomic E-state index is 12.5. The van der Waals surface area contributed by atoms with Crippen LogP contribution in [-0.2, 0) is 12.7 Å². The van der Waals surface area contributed by atoms with Crippen LogP contribution in [0.1, 0.15) is 37.1 Å². The Morgan fingerprint density at radius 2 is 1.90 bits per heavy atom. The Kier molecular flexibility index (Phi) is 4.85. The van der Waals surface area contributed by atoms with Gasteiger partial charge in [-0.3, -0.25) is 10.00 Å². The highest BCUT2D eigenvalue weighted by Crippen LogP contribution is 2.31. The summed E-state index contributed by atoms with van der Waals surface area (Å²) in [4.78, 5) is 2.14. The van der Waals surface area contributed by atoms with Gasteiger partial charge in [-0.1, -0.05) is 0 Å². The van der Waals surface area contributed by atoms with Crippen LogP contribution in [0.25, 0.3) is 0 Å². The van der Waals surface area contributed by atoms with Crippen LogP contribution >= 0.6 is 12.4 Å². The first-order valence-corrected chi connectivity index (χ1v) is 6.99. The van der Waals surface area contributed by atoms with E-state index in [1.807, 2.05) is 7.05 Å². The highest BCUT2D eigenvalue weighted by atomic mass is 35.5. The molecule has 4 nitrogen and oxygen atoms in total. The zero-order valence-corrected chi connectivity index (χ0v) is 12.6. The normalized spacial score (nSPS) is 28.7. The molecule has 2 atom stereocenters. The summed E-state index contributed by atoms with van der Waals surface area (Å²) in [5.74, 6) is 0. The molecule has 0 aliphatic carbocycles. The summed E-state index contributed by atoms with van der Waals surface area (Å²) < 4.78 is 37.5. The van der Waals surface area contributed by atoms with Gasteiger partial charge in [0, 0.05) is 30.4 Å². The fourth-order valence-electron chi connectivity index (χ4n) is 3.37. The Labute approximate surface area is 127 Å². The average molecular weight is 325 g/mol. The predicted octanol–water partition coefficient (Wildman–Crippen LogP) is 2.57. The number of H-pyrrole nitrogens is 1. The van der Waals surface area contributed by atoms with E-state index in [4.69, 9.17) is 0 Å². The Hall–Kier alpha value is -0.790. The molecule has 2 fully saturated rings. The Morgan fingerprint density at radius 1 is 1.29 bits per heavy atom. The average Bonchev–Trinajstić information content (AvgIpc) is 2.96. The van der Waals surface area contributed by atoms with Crippen molar-refractivity contribution in [2.24, 2.45) is 0 Å². The minimum Gasteiger partial charge on any atom is -0.311 e. The topological polar surface area (TPSA) is 44.0 Å². The van der Waals surface area contributed by atoms with Crippen molar-refractivity contribution < 1.29 is 13.2 Å². The number of hydrogen-bond donors (Lipinski definition) is 2. The van der Waals surface area contributed by atoms with Crippen LogP contribution in [0.15, 0.2) is 6.07 Å². The summed E-state index contributed by atoms with van der Waals surface area (Å²) in [5.41, 5.74) is -0.322. The third-order valence-electron chi connectivity index (χ3n) is 4.41. The smallest absolute Gasteiger partial charge is 0.311 e. The van der Waals surface area contributed by atoms with Crippen LogP contribution in [0.5, 0.6) is 0 Å². The molecule has 3 heterocycles. The molecule has 120 valence electrons. The lowest BCUT2D eigenvalue weighted by molar-refractivity contribution is -0.141. The minimum absolute atomic E-state index is 0. The van der Waals surface area contributed by atoms with Gasteiger partial charge in [0.1, 0.15) is 0 Å². The van der Waals surface area contributed by atoms with Gasteiger partial charge in [0.15, 0.2) is 5.69 Å². The molecule has 2 unspecified atom stereocenters. The van der Waals surface area contributed by atoms with Crippen molar-refractivity contribution in [3.63, 3.8) is 0 Å². The van der Waals surface area contributed by atoms with Gasteiger partial charge < -0.3 is 5.32 Å². The third-order valence-corrected chi connectivity index (χ3v) is 4.41. The van der Waals surface area contributed by atoms with Crippen molar-refractivity contribution in [3.05, 3.63) is 17.5 Å². The molecular formula is C13H20ClF3N4. The van der Waals surface area contributed by atoms with Crippen LogP contribution in [0, 0.1) is 0 Å². The molecule has 0 aromatic carbocycles. The largest absolute Gasteiger partial charge is 0.435 e. The molecule has 0 amide bonds. The molecule has 0 radical (unpaired) electrons. The summed E-state index contributed by atoms with van der Waals surface area (Å²) >= 11 is 0. The van der Waals surface area contributed by atoms with E-state index in [-0.39, 0.29) is 12.4 Å². The molecule has 3 rings (SSSR count). The molecule has 0 saturated carbocycles. The molecule has 8 heteroatoms. The van der Waals surface area contributed by atoms with E-state index in [1.54, 1.807) is 0 Å². The number of aromatic amines is 1. The SMILES string of the molecule is CN(Cc1cc(C(F)(F)F)n[nH]1)C1CC2CCC(C1)N2.Cl. The number of rotatable bonds is 3. The Balaban J connectivity index is 0.00000161. The van der Waals surface area contributed by atoms with Crippen molar-refractivity contribution in [1.29, 1.82) is 0 Å². The van der Waals surface area contributed by atoms with E-state index in [0.717, 1.165) is 18.9 Å². The van der Waals surface area contributed by atoms with Crippen LogP contribution < -0.4 is 5.32 Å². The molecule has 2 aliphatic heterocycles. The monoisotopic (exact) mass is 324 g/mol. The first-order valence-electron chi connectivity index (χ1n) is 6.99. The molecule has 21 heavy (non-hydrogen) atoms. The quantitative estimate of drug-likeness (QED) is 0.898. The molecule has 2 bridgehead atoms. The highest BCUT2D eigenvalue weighted by Gasteiger charge is 2.36. The van der Waals surface area contributed by atoms with Gasteiger partial charge in [-0.05, 0) is 38.8 Å². The zero-order valence-electron chi connectivity index (χ0n) is 11.8. The summed E-state index contributed by atoms with van der Waals surface area (Å²) in [5, 5.41) is 9.40. The second kappa shape index (κ2) is 6.14. The zero-order chi connectivity index (χ0) is 14.3. The number of nitrogens with one attached hydrogen (secondary N) is 2. The van der Waals surface area contributed by atoms with Gasteiger partial charge in [-0.15, -0.1) is 12.4 Å². The lowest BCUT2D eigenvalue weighted by atomic mass is 9.98. The number of halogens is 4. The van der Waals surface area contributed by atoms with Crippen molar-refractivity contribution in [2.75, 3.05) is 7.05 Å². The van der Waals surface area contributed by atoms with E-state index in [9.17, 15) is 13.2 Å². The molecule has 2 saturated heterocycles. The van der Waals surface area contributed by atoms with Gasteiger partial charge in [0.25, 0.3) is 0 Å². The maximum Gasteiger partial charge on any atom is 0.435 e. The summed E-state index contributed by atoms with van der Waals surface area (Å²) in [6, 6.07) is 2.69. The van der Waals surface area contributed by atoms with Crippen LogP contribution in [0.3, 0.4) is 0 Å². The summed E-state index contributed by atoms with van der Waals surface area (Å²) in [7, 11) is 1.98. The maximum atomic E-state index is 12.5. The fraction of sp³-hybridized carbons (Fsp3) is 0.769. The van der Waals surface area contributed by atoms with E-state index in [2.05, 4.69) is 20.4 Å². The van der Waals surface area contributed by atoms with Gasteiger partial charge in [-0.25, -0.2) is 0 Å². The first-order chi connectivity index (χ1) is 9.41. The molecule has 2 N–H and O–H groups in total. The molecular weight excluding hydrogens is 305 g/mol. The number of alkyl halides is 3. The number of fused-ring (bicyclic) bond motifs is 2. The van der Waals surface area contributed by atoms with Crippen molar-refractivity contribution in [3.8, 4) is 0 Å². The number of nitrogens with zero attached hydrogens (tertiary/aromatic N) is 2. The lowest BCUT2D eigenvalue weighted by Gasteiger charge is -2.35. The molecule has 1 aromatic rings. The second-order valence-corrected chi connectivity index (χ2v) is 5.95. The molecule has 1 aromatic heterocycles. The van der Waals surface area contributed by atoms with Crippen LogP contribution in [0.2, 0.25) is 0 Å². The summed E-state index contributed by atoms with van der Waals surface area (Å²) in [6.45, 7) is 0.479. The second-order valence-electron chi connectivity index (χ2n) is 5.95. The minimum atomic E-state index is -4.37. The van der Waals surface area contributed by atoms with E-state index in [0.29, 0.717) is 30.4 Å². The van der Waals surface area contributed by atoms with Crippen molar-refractivity contribution in [1.82, 2.24) is 20.4 Å². The molecule has 2 aliphatic rings. The van der Waals surface area contributed by atoms with Gasteiger partial charge in [-0.2, -0.15) is 18.3 Å². The van der Waals surface area contributed by atoms with E-state index in [1.165, 1.54) is 12.8 Å². The van der Waals surface area contributed by atoms with E-state index < -0.39 is 11.9 Å². The summed E-state index contributed by atoms with van der Waals surface area (Å²) in [6.07, 6.45) is 0.219. The Bertz CT molecular complexity index is 464. The van der Waals surface area contributed by atoms with E-state index >= 15 is 0 Å². The lowest BCUT2D eigenvalue weighted by Crippen LogP contribution is -2.46. The number of aromatic nitrogens is 2. The highest BCUT2D eigenvalue weighted by molar-refractivity contribution is 5.85. The fourth-order valence-corrected chi connectivity index (χ4v) is 3.37. The predicted molar refractivity (Wildman–Crippen MR) is 75.3 cm³/mol. The standard InChI is InChI=1S/C13H19F3N4.ClH/c1-20(11-4-8-2-3-9(5-11)17-8)7-10-6-12(19-18-10)13(14,15)16;/h6,8-9,11,17H,2-5,7H2,1H3,(H,18,19);1H. The van der Waals surface area contributed by atoms with Crippen LogP contribution in [0.4, 0.5) is 13.2 Å². The van der Waals surface area contributed by atoms with Gasteiger partial charge in [0.2, 0.25) is 0 Å².